The van der Waals surface area contributed by atoms with Crippen molar-refractivity contribution in [3.8, 4) is 0 Å². The molecule has 0 N–H and O–H groups in total. The van der Waals surface area contributed by atoms with Gasteiger partial charge in [-0.05, 0) is 6.92 Å². The number of nitrogens with zero attached hydrogens (tertiary/aromatic N) is 8. The van der Waals surface area contributed by atoms with E-state index in [4.69, 9.17) is 0 Å². The predicted octanol–water partition coefficient (Wildman–Crippen LogP) is -0.0581. The molecule has 2 aromatic rings. The quantitative estimate of drug-likeness (QED) is 0.780. The highest BCUT2D eigenvalue weighted by atomic mass is 16.2. The largest absolute Gasteiger partial charge is 0.363 e. The molecule has 0 saturated carbocycles. The normalized spacial score (nSPS) is 14.8. The molecule has 9 heteroatoms. The third-order valence-electron chi connectivity index (χ3n) is 3.98. The molecule has 1 fully saturated rings. The molecular weight excluding hydrogens is 308 g/mol. The van der Waals surface area contributed by atoms with Gasteiger partial charge in [0.15, 0.2) is 5.69 Å². The van der Waals surface area contributed by atoms with Crippen LogP contribution in [0.15, 0.2) is 12.3 Å². The summed E-state index contributed by atoms with van der Waals surface area (Å²) in [7, 11) is 5.67. The van der Waals surface area contributed by atoms with Gasteiger partial charge in [-0.2, -0.15) is 0 Å². The van der Waals surface area contributed by atoms with Crippen LogP contribution in [0, 0.1) is 6.92 Å². The first kappa shape index (κ1) is 16.2. The predicted molar refractivity (Wildman–Crippen MR) is 90.2 cm³/mol. The van der Waals surface area contributed by atoms with Crippen molar-refractivity contribution >= 4 is 17.5 Å². The Morgan fingerprint density at radius 2 is 1.88 bits per heavy atom. The minimum Gasteiger partial charge on any atom is -0.363 e. The number of rotatable bonds is 3. The standard InChI is InChI=1S/C15H22N8O/c1-11-16-13(20(2)3)9-14(17-11)22-5-7-23(8-6-22)15(24)12-10-21(4)19-18-12/h9-10H,5-8H2,1-4H3. The maximum atomic E-state index is 12.4. The van der Waals surface area contributed by atoms with Crippen molar-refractivity contribution in [1.82, 2.24) is 29.9 Å². The van der Waals surface area contributed by atoms with Crippen molar-refractivity contribution in [3.05, 3.63) is 23.8 Å². The summed E-state index contributed by atoms with van der Waals surface area (Å²) in [6, 6.07) is 1.98. The van der Waals surface area contributed by atoms with Crippen LogP contribution in [0.5, 0.6) is 0 Å². The van der Waals surface area contributed by atoms with Gasteiger partial charge in [0.1, 0.15) is 17.5 Å². The Balaban J connectivity index is 1.68. The molecule has 1 aliphatic heterocycles. The molecule has 128 valence electrons. The first-order valence-electron chi connectivity index (χ1n) is 7.87. The van der Waals surface area contributed by atoms with Gasteiger partial charge in [-0.15, -0.1) is 5.10 Å². The van der Waals surface area contributed by atoms with Crippen LogP contribution in [0.1, 0.15) is 16.3 Å². The van der Waals surface area contributed by atoms with Gasteiger partial charge in [0.2, 0.25) is 0 Å². The fourth-order valence-corrected chi connectivity index (χ4v) is 2.67. The van der Waals surface area contributed by atoms with Gasteiger partial charge in [-0.1, -0.05) is 5.21 Å². The zero-order chi connectivity index (χ0) is 17.3. The molecule has 0 unspecified atom stereocenters. The molecule has 1 amide bonds. The zero-order valence-electron chi connectivity index (χ0n) is 14.5. The van der Waals surface area contributed by atoms with Gasteiger partial charge < -0.3 is 14.7 Å². The van der Waals surface area contributed by atoms with Gasteiger partial charge in [0.25, 0.3) is 5.91 Å². The van der Waals surface area contributed by atoms with Crippen LogP contribution < -0.4 is 9.80 Å². The molecular formula is C15H22N8O. The van der Waals surface area contributed by atoms with Crippen LogP contribution in [0.25, 0.3) is 0 Å². The van der Waals surface area contributed by atoms with E-state index in [9.17, 15) is 4.79 Å². The van der Waals surface area contributed by atoms with E-state index in [1.807, 2.05) is 32.0 Å². The lowest BCUT2D eigenvalue weighted by atomic mass is 10.2. The third-order valence-corrected chi connectivity index (χ3v) is 3.98. The summed E-state index contributed by atoms with van der Waals surface area (Å²) >= 11 is 0. The molecule has 0 aromatic carbocycles. The molecule has 0 radical (unpaired) electrons. The Hall–Kier alpha value is -2.71. The van der Waals surface area contributed by atoms with Crippen LogP contribution in [-0.2, 0) is 7.05 Å². The molecule has 9 nitrogen and oxygen atoms in total. The number of piperazine rings is 1. The van der Waals surface area contributed by atoms with Crippen LogP contribution in [-0.4, -0.2) is 76.0 Å². The summed E-state index contributed by atoms with van der Waals surface area (Å²) in [5, 5.41) is 7.71. The molecule has 2 aromatic heterocycles. The number of carbonyl (C=O) groups excluding carboxylic acids is 1. The van der Waals surface area contributed by atoms with Crippen molar-refractivity contribution in [2.24, 2.45) is 7.05 Å². The molecule has 1 saturated heterocycles. The average molecular weight is 330 g/mol. The van der Waals surface area contributed by atoms with Gasteiger partial charge in [-0.25, -0.2) is 9.97 Å². The van der Waals surface area contributed by atoms with Crippen LogP contribution in [0.2, 0.25) is 0 Å². The average Bonchev–Trinajstić information content (AvgIpc) is 3.00. The lowest BCUT2D eigenvalue weighted by Crippen LogP contribution is -2.49. The van der Waals surface area contributed by atoms with Crippen LogP contribution >= 0.6 is 0 Å². The van der Waals surface area contributed by atoms with E-state index in [1.54, 1.807) is 18.1 Å². The number of aromatic nitrogens is 5. The SMILES string of the molecule is Cc1nc(N(C)C)cc(N2CCN(C(=O)c3cn(C)nn3)CC2)n1. The van der Waals surface area contributed by atoms with Gasteiger partial charge >= 0.3 is 0 Å². The summed E-state index contributed by atoms with van der Waals surface area (Å²) < 4.78 is 1.54. The van der Waals surface area contributed by atoms with Crippen LogP contribution in [0.4, 0.5) is 11.6 Å². The van der Waals surface area contributed by atoms with Crippen molar-refractivity contribution in [2.45, 2.75) is 6.92 Å². The molecule has 24 heavy (non-hydrogen) atoms. The van der Waals surface area contributed by atoms with E-state index < -0.39 is 0 Å². The topological polar surface area (TPSA) is 83.3 Å². The summed E-state index contributed by atoms with van der Waals surface area (Å²) in [5.74, 6) is 2.46. The lowest BCUT2D eigenvalue weighted by Gasteiger charge is -2.35. The van der Waals surface area contributed by atoms with Crippen LogP contribution in [0.3, 0.4) is 0 Å². The van der Waals surface area contributed by atoms with Gasteiger partial charge in [0, 0.05) is 53.4 Å². The van der Waals surface area contributed by atoms with Crippen molar-refractivity contribution < 1.29 is 4.79 Å². The molecule has 0 bridgehead atoms. The number of carbonyl (C=O) groups is 1. The molecule has 1 aliphatic rings. The van der Waals surface area contributed by atoms with Crippen molar-refractivity contribution in [1.29, 1.82) is 0 Å². The molecule has 3 rings (SSSR count). The number of anilines is 2. The highest BCUT2D eigenvalue weighted by Crippen LogP contribution is 2.19. The Bertz CT molecular complexity index is 733. The molecule has 0 atom stereocenters. The summed E-state index contributed by atoms with van der Waals surface area (Å²) in [6.45, 7) is 4.63. The first-order valence-corrected chi connectivity index (χ1v) is 7.87. The Kier molecular flexibility index (Phi) is 4.32. The number of hydrogen-bond acceptors (Lipinski definition) is 7. The van der Waals surface area contributed by atoms with Gasteiger partial charge in [0.05, 0.1) is 6.20 Å². The van der Waals surface area contributed by atoms with E-state index in [0.29, 0.717) is 18.8 Å². The van der Waals surface area contributed by atoms with E-state index in [2.05, 4.69) is 25.2 Å². The fraction of sp³-hybridized carbons (Fsp3) is 0.533. The molecule has 0 spiro atoms. The third kappa shape index (κ3) is 3.29. The second-order valence-electron chi connectivity index (χ2n) is 6.08. The van der Waals surface area contributed by atoms with E-state index in [-0.39, 0.29) is 5.91 Å². The zero-order valence-corrected chi connectivity index (χ0v) is 14.5. The van der Waals surface area contributed by atoms with Gasteiger partial charge in [-0.3, -0.25) is 9.48 Å². The lowest BCUT2D eigenvalue weighted by molar-refractivity contribution is 0.0740. The summed E-state index contributed by atoms with van der Waals surface area (Å²) in [6.07, 6.45) is 1.64. The van der Waals surface area contributed by atoms with Crippen molar-refractivity contribution in [2.75, 3.05) is 50.1 Å². The highest BCUT2D eigenvalue weighted by molar-refractivity contribution is 5.92. The second kappa shape index (κ2) is 6.42. The number of hydrogen-bond donors (Lipinski definition) is 0. The van der Waals surface area contributed by atoms with Crippen molar-refractivity contribution in [3.63, 3.8) is 0 Å². The van der Waals surface area contributed by atoms with E-state index in [0.717, 1.165) is 30.5 Å². The maximum absolute atomic E-state index is 12.4. The fourth-order valence-electron chi connectivity index (χ4n) is 2.67. The summed E-state index contributed by atoms with van der Waals surface area (Å²) in [5.41, 5.74) is 0.388. The minimum absolute atomic E-state index is 0.0735. The first-order chi connectivity index (χ1) is 11.4. The number of amides is 1. The Morgan fingerprint density at radius 3 is 2.46 bits per heavy atom. The minimum atomic E-state index is -0.0735. The summed E-state index contributed by atoms with van der Waals surface area (Å²) in [4.78, 5) is 27.3. The van der Waals surface area contributed by atoms with E-state index in [1.165, 1.54) is 4.68 Å². The van der Waals surface area contributed by atoms with E-state index >= 15 is 0 Å². The molecule has 0 aliphatic carbocycles. The Morgan fingerprint density at radius 1 is 1.17 bits per heavy atom. The smallest absolute Gasteiger partial charge is 0.276 e. The Labute approximate surface area is 140 Å². The monoisotopic (exact) mass is 330 g/mol. The second-order valence-corrected chi connectivity index (χ2v) is 6.08. The maximum Gasteiger partial charge on any atom is 0.276 e. The molecule has 3 heterocycles. The highest BCUT2D eigenvalue weighted by Gasteiger charge is 2.25. The number of aryl methyl sites for hydroxylation is 2.